The molecule has 0 aliphatic carbocycles. The molecule has 0 saturated carbocycles. The molecule has 2 N–H and O–H groups in total. The van der Waals surface area contributed by atoms with Gasteiger partial charge in [0, 0.05) is 19.2 Å². The quantitative estimate of drug-likeness (QED) is 0.825. The highest BCUT2D eigenvalue weighted by Crippen LogP contribution is 2.15. The zero-order chi connectivity index (χ0) is 14.6. The highest BCUT2D eigenvalue weighted by molar-refractivity contribution is 5.87. The van der Waals surface area contributed by atoms with Gasteiger partial charge in [-0.2, -0.15) is 13.2 Å². The molecule has 1 aromatic rings. The molecule has 1 heterocycles. The van der Waals surface area contributed by atoms with Crippen molar-refractivity contribution in [3.05, 3.63) is 18.2 Å². The first-order valence-corrected chi connectivity index (χ1v) is 5.35. The molecular formula is C10H12F3N3O3. The van der Waals surface area contributed by atoms with Crippen LogP contribution in [0.2, 0.25) is 0 Å². The number of halogens is 3. The van der Waals surface area contributed by atoms with Gasteiger partial charge in [-0.3, -0.25) is 4.79 Å². The van der Waals surface area contributed by atoms with Crippen LogP contribution in [0.3, 0.4) is 0 Å². The van der Waals surface area contributed by atoms with Gasteiger partial charge < -0.3 is 15.0 Å². The Hall–Kier alpha value is -2.06. The van der Waals surface area contributed by atoms with Crippen LogP contribution in [-0.4, -0.2) is 38.8 Å². The van der Waals surface area contributed by atoms with E-state index >= 15 is 0 Å². The first-order chi connectivity index (χ1) is 8.74. The maximum Gasteiger partial charge on any atom is 0.471 e. The number of hydrogen-bond donors (Lipinski definition) is 2. The number of nitrogens with one attached hydrogen (secondary N) is 1. The molecule has 0 unspecified atom stereocenters. The number of aromatic nitrogens is 2. The molecule has 0 bridgehead atoms. The summed E-state index contributed by atoms with van der Waals surface area (Å²) in [5, 5.41) is 10.2. The highest BCUT2D eigenvalue weighted by Gasteiger charge is 2.40. The van der Waals surface area contributed by atoms with Crippen LogP contribution < -0.4 is 5.32 Å². The fourth-order valence-electron chi connectivity index (χ4n) is 1.33. The Morgan fingerprint density at radius 3 is 2.58 bits per heavy atom. The van der Waals surface area contributed by atoms with Crippen LogP contribution in [0.5, 0.6) is 0 Å². The summed E-state index contributed by atoms with van der Waals surface area (Å²) in [7, 11) is 0. The molecule has 0 spiro atoms. The summed E-state index contributed by atoms with van der Waals surface area (Å²) in [6.45, 7) is 2.42. The molecule has 0 aliphatic heterocycles. The molecule has 0 radical (unpaired) electrons. The topological polar surface area (TPSA) is 84.2 Å². The molecule has 0 saturated heterocycles. The Morgan fingerprint density at radius 2 is 2.16 bits per heavy atom. The normalized spacial score (nSPS) is 13.1. The second-order valence-electron chi connectivity index (χ2n) is 3.76. The van der Waals surface area contributed by atoms with Crippen LogP contribution in [0.25, 0.3) is 0 Å². The van der Waals surface area contributed by atoms with Crippen LogP contribution in [-0.2, 0) is 22.6 Å². The number of nitrogens with zero attached hydrogens (tertiary/aromatic N) is 2. The molecule has 0 aromatic carbocycles. The molecule has 0 fully saturated rings. The Bertz CT molecular complexity index is 470. The molecule has 1 rings (SSSR count). The Morgan fingerprint density at radius 1 is 1.53 bits per heavy atom. The van der Waals surface area contributed by atoms with Gasteiger partial charge in [-0.1, -0.05) is 0 Å². The van der Waals surface area contributed by atoms with E-state index in [9.17, 15) is 22.8 Å². The summed E-state index contributed by atoms with van der Waals surface area (Å²) in [5.74, 6) is -3.83. The molecule has 19 heavy (non-hydrogen) atoms. The summed E-state index contributed by atoms with van der Waals surface area (Å²) in [5.41, 5.74) is 0.289. The third kappa shape index (κ3) is 4.27. The number of alkyl halides is 3. The zero-order valence-corrected chi connectivity index (χ0v) is 9.94. The number of carboxylic acids is 1. The van der Waals surface area contributed by atoms with E-state index in [1.54, 1.807) is 4.57 Å². The number of carbonyl (C=O) groups excluding carboxylic acids is 1. The van der Waals surface area contributed by atoms with Gasteiger partial charge in [-0.15, -0.1) is 0 Å². The average molecular weight is 279 g/mol. The number of carboxylic acid groups (broad SMARTS) is 1. The molecule has 9 heteroatoms. The summed E-state index contributed by atoms with van der Waals surface area (Å²) in [6, 6.07) is -1.67. The lowest BCUT2D eigenvalue weighted by Gasteiger charge is -2.14. The Labute approximate surface area is 106 Å². The van der Waals surface area contributed by atoms with Crippen LogP contribution in [0.4, 0.5) is 13.2 Å². The van der Waals surface area contributed by atoms with Gasteiger partial charge in [0.2, 0.25) is 0 Å². The number of aliphatic carboxylic acids is 1. The van der Waals surface area contributed by atoms with Crippen molar-refractivity contribution in [3.63, 3.8) is 0 Å². The van der Waals surface area contributed by atoms with Crippen molar-refractivity contribution in [2.75, 3.05) is 0 Å². The fourth-order valence-corrected chi connectivity index (χ4v) is 1.33. The third-order valence-electron chi connectivity index (χ3n) is 2.33. The first kappa shape index (κ1) is 15.0. The number of rotatable bonds is 5. The summed E-state index contributed by atoms with van der Waals surface area (Å²) < 4.78 is 37.8. The lowest BCUT2D eigenvalue weighted by molar-refractivity contribution is -0.175. The van der Waals surface area contributed by atoms with Crippen molar-refractivity contribution in [3.8, 4) is 0 Å². The summed E-state index contributed by atoms with van der Waals surface area (Å²) in [6.07, 6.45) is -2.49. The van der Waals surface area contributed by atoms with Gasteiger partial charge in [0.15, 0.2) is 0 Å². The van der Waals surface area contributed by atoms with Crippen LogP contribution in [0.1, 0.15) is 12.6 Å². The van der Waals surface area contributed by atoms with Crippen LogP contribution in [0.15, 0.2) is 12.5 Å². The molecule has 1 atom stereocenters. The maximum atomic E-state index is 12.0. The molecule has 6 nitrogen and oxygen atoms in total. The first-order valence-electron chi connectivity index (χ1n) is 5.35. The van der Waals surface area contributed by atoms with Gasteiger partial charge >= 0.3 is 18.1 Å². The lowest BCUT2D eigenvalue weighted by Crippen LogP contribution is -2.47. The van der Waals surface area contributed by atoms with E-state index in [4.69, 9.17) is 5.11 Å². The second-order valence-corrected chi connectivity index (χ2v) is 3.76. The molecular weight excluding hydrogens is 267 g/mol. The minimum atomic E-state index is -5.11. The SMILES string of the molecule is CCn1cnc(C[C@H](NC(=O)C(F)(F)F)C(=O)O)c1. The molecule has 106 valence electrons. The summed E-state index contributed by atoms with van der Waals surface area (Å²) in [4.78, 5) is 25.4. The minimum absolute atomic E-state index is 0.289. The largest absolute Gasteiger partial charge is 0.480 e. The number of hydrogen-bond acceptors (Lipinski definition) is 3. The number of aryl methyl sites for hydroxylation is 1. The Balaban J connectivity index is 2.73. The number of amides is 1. The van der Waals surface area contributed by atoms with Gasteiger partial charge in [-0.25, -0.2) is 9.78 Å². The molecule has 1 aromatic heterocycles. The fraction of sp³-hybridized carbons (Fsp3) is 0.500. The summed E-state index contributed by atoms with van der Waals surface area (Å²) >= 11 is 0. The monoisotopic (exact) mass is 279 g/mol. The highest BCUT2D eigenvalue weighted by atomic mass is 19.4. The molecule has 1 amide bonds. The number of carbonyl (C=O) groups is 2. The van der Waals surface area contributed by atoms with Crippen molar-refractivity contribution in [1.29, 1.82) is 0 Å². The smallest absolute Gasteiger partial charge is 0.471 e. The van der Waals surface area contributed by atoms with Crippen LogP contribution in [0, 0.1) is 0 Å². The van der Waals surface area contributed by atoms with Crippen molar-refractivity contribution < 1.29 is 27.9 Å². The minimum Gasteiger partial charge on any atom is -0.480 e. The van der Waals surface area contributed by atoms with Gasteiger partial charge in [-0.05, 0) is 6.92 Å². The zero-order valence-electron chi connectivity index (χ0n) is 9.94. The maximum absolute atomic E-state index is 12.0. The van der Waals surface area contributed by atoms with Crippen LogP contribution >= 0.6 is 0 Å². The van der Waals surface area contributed by atoms with Crippen molar-refractivity contribution in [2.45, 2.75) is 32.1 Å². The van der Waals surface area contributed by atoms with Crippen molar-refractivity contribution in [2.24, 2.45) is 0 Å². The van der Waals surface area contributed by atoms with E-state index in [1.165, 1.54) is 17.8 Å². The number of imidazole rings is 1. The van der Waals surface area contributed by atoms with Crippen molar-refractivity contribution >= 4 is 11.9 Å². The van der Waals surface area contributed by atoms with Crippen molar-refractivity contribution in [1.82, 2.24) is 14.9 Å². The lowest BCUT2D eigenvalue weighted by atomic mass is 10.1. The van der Waals surface area contributed by atoms with Gasteiger partial charge in [0.1, 0.15) is 6.04 Å². The Kier molecular flexibility index (Phi) is 4.52. The van der Waals surface area contributed by atoms with E-state index in [-0.39, 0.29) is 12.1 Å². The second kappa shape index (κ2) is 5.72. The van der Waals surface area contributed by atoms with E-state index < -0.39 is 24.1 Å². The van der Waals surface area contributed by atoms with E-state index in [2.05, 4.69) is 4.98 Å². The predicted molar refractivity (Wildman–Crippen MR) is 57.2 cm³/mol. The average Bonchev–Trinajstić information content (AvgIpc) is 2.74. The predicted octanol–water partition coefficient (Wildman–Crippen LogP) is 0.577. The van der Waals surface area contributed by atoms with E-state index in [1.807, 2.05) is 6.92 Å². The molecule has 0 aliphatic rings. The third-order valence-corrected chi connectivity index (χ3v) is 2.33. The van der Waals surface area contributed by atoms with E-state index in [0.29, 0.717) is 6.54 Å². The van der Waals surface area contributed by atoms with E-state index in [0.717, 1.165) is 0 Å². The van der Waals surface area contributed by atoms with Gasteiger partial charge in [0.05, 0.1) is 12.0 Å². The standard InChI is InChI=1S/C10H12F3N3O3/c1-2-16-4-6(14-5-16)3-7(8(17)18)15-9(19)10(11,12)13/h4-5,7H,2-3H2,1H3,(H,15,19)(H,17,18)/t7-/m0/s1. The van der Waals surface area contributed by atoms with Gasteiger partial charge in [0.25, 0.3) is 0 Å².